The van der Waals surface area contributed by atoms with Crippen LogP contribution in [0.3, 0.4) is 0 Å². The van der Waals surface area contributed by atoms with E-state index in [1.807, 2.05) is 0 Å². The molecule has 0 heterocycles. The van der Waals surface area contributed by atoms with E-state index in [1.165, 1.54) is 0 Å². The largest absolute Gasteiger partial charge is 0.414 e. The number of carbonyl (C=O) groups excluding carboxylic acids is 1. The molecule has 72 valence electrons. The highest BCUT2D eigenvalue weighted by molar-refractivity contribution is 5.50. The SMILES string of the molecule is CCCC(OCC=O)C(F)(F)F. The maximum Gasteiger partial charge on any atom is 0.414 e. The topological polar surface area (TPSA) is 26.3 Å². The Morgan fingerprint density at radius 2 is 2.08 bits per heavy atom. The Morgan fingerprint density at radius 3 is 2.42 bits per heavy atom. The van der Waals surface area contributed by atoms with Gasteiger partial charge in [0.15, 0.2) is 6.10 Å². The van der Waals surface area contributed by atoms with Gasteiger partial charge in [-0.2, -0.15) is 13.2 Å². The van der Waals surface area contributed by atoms with Gasteiger partial charge in [-0.25, -0.2) is 0 Å². The highest BCUT2D eigenvalue weighted by atomic mass is 19.4. The number of aldehydes is 1. The molecule has 1 unspecified atom stereocenters. The molecule has 0 spiro atoms. The van der Waals surface area contributed by atoms with Crippen LogP contribution in [-0.2, 0) is 9.53 Å². The summed E-state index contributed by atoms with van der Waals surface area (Å²) in [6.07, 6.45) is -5.57. The van der Waals surface area contributed by atoms with Crippen LogP contribution in [0.5, 0.6) is 0 Å². The maximum absolute atomic E-state index is 12.0. The molecule has 2 nitrogen and oxygen atoms in total. The predicted molar refractivity (Wildman–Crippen MR) is 36.8 cm³/mol. The van der Waals surface area contributed by atoms with Gasteiger partial charge >= 0.3 is 6.18 Å². The first-order chi connectivity index (χ1) is 5.52. The van der Waals surface area contributed by atoms with E-state index in [-0.39, 0.29) is 6.42 Å². The maximum atomic E-state index is 12.0. The monoisotopic (exact) mass is 184 g/mol. The average Bonchev–Trinajstić information content (AvgIpc) is 1.95. The minimum absolute atomic E-state index is 0.0999. The van der Waals surface area contributed by atoms with E-state index in [0.717, 1.165) is 0 Å². The molecule has 0 aliphatic carbocycles. The summed E-state index contributed by atoms with van der Waals surface area (Å²) in [5, 5.41) is 0. The quantitative estimate of drug-likeness (QED) is 0.610. The molecule has 0 aromatic heterocycles. The molecule has 0 amide bonds. The van der Waals surface area contributed by atoms with E-state index in [2.05, 4.69) is 4.74 Å². The average molecular weight is 184 g/mol. The van der Waals surface area contributed by atoms with Crippen molar-refractivity contribution in [2.24, 2.45) is 0 Å². The lowest BCUT2D eigenvalue weighted by Gasteiger charge is -2.18. The molecule has 12 heavy (non-hydrogen) atoms. The van der Waals surface area contributed by atoms with Crippen LogP contribution in [-0.4, -0.2) is 25.2 Å². The number of rotatable bonds is 5. The van der Waals surface area contributed by atoms with E-state index in [9.17, 15) is 18.0 Å². The summed E-state index contributed by atoms with van der Waals surface area (Å²) < 4.78 is 40.3. The Balaban J connectivity index is 3.94. The van der Waals surface area contributed by atoms with Crippen molar-refractivity contribution in [3.63, 3.8) is 0 Å². The molecular formula is C7H11F3O2. The third kappa shape index (κ3) is 4.33. The second-order valence-corrected chi connectivity index (χ2v) is 2.32. The number of alkyl halides is 3. The van der Waals surface area contributed by atoms with E-state index in [1.54, 1.807) is 6.92 Å². The molecule has 0 saturated carbocycles. The Labute approximate surface area is 68.7 Å². The Bertz CT molecular complexity index is 133. The Hall–Kier alpha value is -0.580. The van der Waals surface area contributed by atoms with E-state index >= 15 is 0 Å². The number of hydrogen-bond donors (Lipinski definition) is 0. The van der Waals surface area contributed by atoms with Gasteiger partial charge in [-0.1, -0.05) is 13.3 Å². The summed E-state index contributed by atoms with van der Waals surface area (Å²) in [6.45, 7) is 1.13. The molecule has 0 N–H and O–H groups in total. The Kier molecular flexibility index (Phi) is 4.89. The number of ether oxygens (including phenoxy) is 1. The van der Waals surface area contributed by atoms with Gasteiger partial charge in [-0.15, -0.1) is 0 Å². The molecule has 0 bridgehead atoms. The normalized spacial score (nSPS) is 14.3. The highest BCUT2D eigenvalue weighted by Gasteiger charge is 2.39. The van der Waals surface area contributed by atoms with Crippen LogP contribution in [0.15, 0.2) is 0 Å². The first-order valence-electron chi connectivity index (χ1n) is 3.64. The molecule has 0 fully saturated rings. The summed E-state index contributed by atoms with van der Waals surface area (Å²) in [4.78, 5) is 9.75. The van der Waals surface area contributed by atoms with Gasteiger partial charge in [0.2, 0.25) is 0 Å². The number of hydrogen-bond acceptors (Lipinski definition) is 2. The number of halogens is 3. The van der Waals surface area contributed by atoms with Gasteiger partial charge in [0.1, 0.15) is 12.9 Å². The van der Waals surface area contributed by atoms with Crippen molar-refractivity contribution < 1.29 is 22.7 Å². The predicted octanol–water partition coefficient (Wildman–Crippen LogP) is 1.93. The lowest BCUT2D eigenvalue weighted by molar-refractivity contribution is -0.220. The van der Waals surface area contributed by atoms with Gasteiger partial charge in [-0.3, -0.25) is 0 Å². The fraction of sp³-hybridized carbons (Fsp3) is 0.857. The molecule has 0 aliphatic rings. The molecule has 0 aromatic carbocycles. The highest BCUT2D eigenvalue weighted by Crippen LogP contribution is 2.25. The van der Waals surface area contributed by atoms with E-state index in [0.29, 0.717) is 12.7 Å². The van der Waals surface area contributed by atoms with Crippen LogP contribution in [0.1, 0.15) is 19.8 Å². The second-order valence-electron chi connectivity index (χ2n) is 2.32. The molecule has 1 atom stereocenters. The summed E-state index contributed by atoms with van der Waals surface area (Å²) in [5.74, 6) is 0. The summed E-state index contributed by atoms with van der Waals surface area (Å²) in [7, 11) is 0. The number of carbonyl (C=O) groups is 1. The van der Waals surface area contributed by atoms with Gasteiger partial charge < -0.3 is 9.53 Å². The fourth-order valence-electron chi connectivity index (χ4n) is 0.759. The fourth-order valence-corrected chi connectivity index (χ4v) is 0.759. The molecule has 0 rings (SSSR count). The van der Waals surface area contributed by atoms with Crippen LogP contribution in [0.25, 0.3) is 0 Å². The van der Waals surface area contributed by atoms with Crippen molar-refractivity contribution in [1.82, 2.24) is 0 Å². The third-order valence-corrected chi connectivity index (χ3v) is 1.28. The van der Waals surface area contributed by atoms with Crippen molar-refractivity contribution in [2.75, 3.05) is 6.61 Å². The van der Waals surface area contributed by atoms with E-state index in [4.69, 9.17) is 0 Å². The van der Waals surface area contributed by atoms with Crippen molar-refractivity contribution in [3.8, 4) is 0 Å². The third-order valence-electron chi connectivity index (χ3n) is 1.28. The van der Waals surface area contributed by atoms with Crippen LogP contribution in [0.4, 0.5) is 13.2 Å². The summed E-state index contributed by atoms with van der Waals surface area (Å²) in [5.41, 5.74) is 0. The summed E-state index contributed by atoms with van der Waals surface area (Å²) >= 11 is 0. The lowest BCUT2D eigenvalue weighted by Crippen LogP contribution is -2.32. The first kappa shape index (κ1) is 11.4. The van der Waals surface area contributed by atoms with Crippen molar-refractivity contribution in [3.05, 3.63) is 0 Å². The van der Waals surface area contributed by atoms with Crippen LogP contribution in [0, 0.1) is 0 Å². The minimum Gasteiger partial charge on any atom is -0.361 e. The lowest BCUT2D eigenvalue weighted by atomic mass is 10.2. The minimum atomic E-state index is -4.36. The van der Waals surface area contributed by atoms with Crippen molar-refractivity contribution >= 4 is 6.29 Å². The van der Waals surface area contributed by atoms with Gasteiger partial charge in [0, 0.05) is 0 Å². The van der Waals surface area contributed by atoms with Crippen LogP contribution in [0.2, 0.25) is 0 Å². The zero-order valence-electron chi connectivity index (χ0n) is 6.73. The van der Waals surface area contributed by atoms with Gasteiger partial charge in [0.05, 0.1) is 0 Å². The second kappa shape index (κ2) is 5.13. The molecule has 0 radical (unpaired) electrons. The van der Waals surface area contributed by atoms with Crippen molar-refractivity contribution in [2.45, 2.75) is 32.0 Å². The molecule has 0 saturated heterocycles. The molecule has 5 heteroatoms. The van der Waals surface area contributed by atoms with Crippen LogP contribution < -0.4 is 0 Å². The molecule has 0 aromatic rings. The summed E-state index contributed by atoms with van der Waals surface area (Å²) in [6, 6.07) is 0. The first-order valence-corrected chi connectivity index (χ1v) is 3.64. The molecule has 0 aliphatic heterocycles. The van der Waals surface area contributed by atoms with E-state index < -0.39 is 18.9 Å². The zero-order valence-corrected chi connectivity index (χ0v) is 6.73. The van der Waals surface area contributed by atoms with Gasteiger partial charge in [-0.05, 0) is 6.42 Å². The Morgan fingerprint density at radius 1 is 1.50 bits per heavy atom. The smallest absolute Gasteiger partial charge is 0.361 e. The molecular weight excluding hydrogens is 173 g/mol. The van der Waals surface area contributed by atoms with Crippen molar-refractivity contribution in [1.29, 1.82) is 0 Å². The standard InChI is InChI=1S/C7H11F3O2/c1-2-3-6(7(8,9)10)12-5-4-11/h4,6H,2-3,5H2,1H3. The zero-order chi connectivity index (χ0) is 9.61. The van der Waals surface area contributed by atoms with Crippen LogP contribution >= 0.6 is 0 Å². The van der Waals surface area contributed by atoms with Gasteiger partial charge in [0.25, 0.3) is 0 Å².